The number of hydrogen-bond donors (Lipinski definition) is 2. The van der Waals surface area contributed by atoms with Gasteiger partial charge in [0.05, 0.1) is 6.61 Å². The van der Waals surface area contributed by atoms with Crippen molar-refractivity contribution in [3.8, 4) is 0 Å². The summed E-state index contributed by atoms with van der Waals surface area (Å²) in [5.74, 6) is 0.136. The van der Waals surface area contributed by atoms with Gasteiger partial charge in [-0.1, -0.05) is 36.4 Å². The Bertz CT molecular complexity index is 819. The predicted molar refractivity (Wildman–Crippen MR) is 87.3 cm³/mol. The molecule has 0 saturated carbocycles. The fraction of sp³-hybridized carbons (Fsp3) is 0.111. The van der Waals surface area contributed by atoms with Gasteiger partial charge in [0.1, 0.15) is 5.52 Å². The molecule has 5 heteroatoms. The van der Waals surface area contributed by atoms with Crippen molar-refractivity contribution in [1.82, 2.24) is 10.3 Å². The summed E-state index contributed by atoms with van der Waals surface area (Å²) in [6, 6.07) is 14.8. The van der Waals surface area contributed by atoms with Gasteiger partial charge in [-0.2, -0.15) is 0 Å². The van der Waals surface area contributed by atoms with Gasteiger partial charge in [0.25, 0.3) is 0 Å². The van der Waals surface area contributed by atoms with Crippen molar-refractivity contribution < 1.29 is 14.3 Å². The van der Waals surface area contributed by atoms with Gasteiger partial charge in [-0.15, -0.1) is 0 Å². The Labute approximate surface area is 133 Å². The molecule has 0 unspecified atom stereocenters. The number of fused-ring (bicyclic) bond motifs is 1. The highest BCUT2D eigenvalue weighted by Gasteiger charge is 2.04. The molecule has 23 heavy (non-hydrogen) atoms. The van der Waals surface area contributed by atoms with Crippen LogP contribution in [0.1, 0.15) is 17.0 Å². The molecule has 1 aromatic heterocycles. The number of oxazole rings is 1. The molecular formula is C18H16N2O3. The number of aliphatic hydroxyl groups is 1. The Morgan fingerprint density at radius 2 is 1.87 bits per heavy atom. The molecule has 0 spiro atoms. The minimum absolute atomic E-state index is 0.0508. The van der Waals surface area contributed by atoms with E-state index in [4.69, 9.17) is 4.42 Å². The number of benzene rings is 2. The number of nitrogens with zero attached hydrogens (tertiary/aromatic N) is 1. The molecule has 2 aromatic carbocycles. The Hall–Kier alpha value is -2.92. The number of aliphatic hydroxyl groups excluding tert-OH is 1. The number of aromatic nitrogens is 1. The Morgan fingerprint density at radius 3 is 2.65 bits per heavy atom. The first-order valence-corrected chi connectivity index (χ1v) is 7.25. The smallest absolute Gasteiger partial charge is 0.244 e. The number of hydrogen-bond acceptors (Lipinski definition) is 4. The van der Waals surface area contributed by atoms with E-state index in [1.54, 1.807) is 0 Å². The maximum Gasteiger partial charge on any atom is 0.244 e. The second kappa shape index (κ2) is 6.89. The van der Waals surface area contributed by atoms with Gasteiger partial charge in [-0.3, -0.25) is 4.79 Å². The molecule has 0 saturated heterocycles. The zero-order chi connectivity index (χ0) is 16.1. The van der Waals surface area contributed by atoms with Crippen molar-refractivity contribution in [3.05, 3.63) is 71.6 Å². The van der Waals surface area contributed by atoms with Crippen molar-refractivity contribution >= 4 is 23.1 Å². The third kappa shape index (κ3) is 3.64. The molecule has 0 aliphatic rings. The molecule has 0 bridgehead atoms. The summed E-state index contributed by atoms with van der Waals surface area (Å²) in [5.41, 5.74) is 3.13. The highest BCUT2D eigenvalue weighted by atomic mass is 16.3. The van der Waals surface area contributed by atoms with Crippen LogP contribution in [0.25, 0.3) is 17.2 Å². The van der Waals surface area contributed by atoms with Crippen LogP contribution in [0, 0.1) is 0 Å². The third-order valence-corrected chi connectivity index (χ3v) is 3.43. The lowest BCUT2D eigenvalue weighted by molar-refractivity contribution is -0.116. The molecular weight excluding hydrogens is 292 g/mol. The molecule has 0 radical (unpaired) electrons. The van der Waals surface area contributed by atoms with E-state index in [0.29, 0.717) is 18.0 Å². The number of amides is 1. The first kappa shape index (κ1) is 15.0. The van der Waals surface area contributed by atoms with Crippen molar-refractivity contribution in [3.63, 3.8) is 0 Å². The van der Waals surface area contributed by atoms with Crippen LogP contribution in [0.2, 0.25) is 0 Å². The minimum Gasteiger partial charge on any atom is -0.437 e. The number of carbonyl (C=O) groups excluding carboxylic acids is 1. The van der Waals surface area contributed by atoms with Crippen LogP contribution >= 0.6 is 0 Å². The van der Waals surface area contributed by atoms with Gasteiger partial charge >= 0.3 is 0 Å². The van der Waals surface area contributed by atoms with Crippen LogP contribution in [-0.4, -0.2) is 16.0 Å². The first-order chi connectivity index (χ1) is 11.3. The zero-order valence-electron chi connectivity index (χ0n) is 12.4. The SMILES string of the molecule is O=C(/C=C/c1nc2ccccc2o1)NCc1ccccc1CO. The Morgan fingerprint density at radius 1 is 1.13 bits per heavy atom. The highest BCUT2D eigenvalue weighted by molar-refractivity contribution is 5.91. The Balaban J connectivity index is 1.62. The molecule has 3 rings (SSSR count). The Kier molecular flexibility index (Phi) is 4.49. The summed E-state index contributed by atoms with van der Waals surface area (Å²) in [7, 11) is 0. The zero-order valence-corrected chi connectivity index (χ0v) is 12.4. The van der Waals surface area contributed by atoms with E-state index in [1.165, 1.54) is 12.2 Å². The van der Waals surface area contributed by atoms with E-state index < -0.39 is 0 Å². The van der Waals surface area contributed by atoms with Crippen molar-refractivity contribution in [2.24, 2.45) is 0 Å². The lowest BCUT2D eigenvalue weighted by Crippen LogP contribution is -2.21. The van der Waals surface area contributed by atoms with Crippen LogP contribution in [0.4, 0.5) is 0 Å². The van der Waals surface area contributed by atoms with Crippen molar-refractivity contribution in [2.75, 3.05) is 0 Å². The summed E-state index contributed by atoms with van der Waals surface area (Å²) in [5, 5.41) is 12.0. The first-order valence-electron chi connectivity index (χ1n) is 7.25. The van der Waals surface area contributed by atoms with E-state index in [0.717, 1.165) is 16.6 Å². The van der Waals surface area contributed by atoms with Crippen LogP contribution in [-0.2, 0) is 17.9 Å². The number of para-hydroxylation sites is 2. The van der Waals surface area contributed by atoms with Gasteiger partial charge < -0.3 is 14.8 Å². The maximum atomic E-state index is 11.9. The molecule has 0 aliphatic heterocycles. The van der Waals surface area contributed by atoms with Gasteiger partial charge in [-0.05, 0) is 23.3 Å². The number of nitrogens with one attached hydrogen (secondary N) is 1. The normalized spacial score (nSPS) is 11.2. The quantitative estimate of drug-likeness (QED) is 0.711. The van der Waals surface area contributed by atoms with Gasteiger partial charge in [-0.25, -0.2) is 4.98 Å². The molecule has 0 aliphatic carbocycles. The monoisotopic (exact) mass is 308 g/mol. The molecule has 1 amide bonds. The van der Waals surface area contributed by atoms with Crippen LogP contribution < -0.4 is 5.32 Å². The summed E-state index contributed by atoms with van der Waals surface area (Å²) in [4.78, 5) is 16.1. The second-order valence-electron chi connectivity index (χ2n) is 5.00. The minimum atomic E-state index is -0.250. The predicted octanol–water partition coefficient (Wildman–Crippen LogP) is 2.65. The van der Waals surface area contributed by atoms with Crippen molar-refractivity contribution in [1.29, 1.82) is 0 Å². The summed E-state index contributed by atoms with van der Waals surface area (Å²) >= 11 is 0. The summed E-state index contributed by atoms with van der Waals surface area (Å²) in [6.45, 7) is 0.304. The van der Waals surface area contributed by atoms with E-state index in [-0.39, 0.29) is 12.5 Å². The van der Waals surface area contributed by atoms with Crippen molar-refractivity contribution in [2.45, 2.75) is 13.2 Å². The van der Waals surface area contributed by atoms with Crippen LogP contribution in [0.15, 0.2) is 59.0 Å². The largest absolute Gasteiger partial charge is 0.437 e. The summed E-state index contributed by atoms with van der Waals surface area (Å²) in [6.07, 6.45) is 2.92. The van der Waals surface area contributed by atoms with E-state index in [1.807, 2.05) is 48.5 Å². The molecule has 3 aromatic rings. The van der Waals surface area contributed by atoms with E-state index >= 15 is 0 Å². The summed E-state index contributed by atoms with van der Waals surface area (Å²) < 4.78 is 5.51. The lowest BCUT2D eigenvalue weighted by atomic mass is 10.1. The molecule has 1 heterocycles. The molecule has 0 atom stereocenters. The topological polar surface area (TPSA) is 75.4 Å². The van der Waals surface area contributed by atoms with Gasteiger partial charge in [0, 0.05) is 18.7 Å². The molecule has 116 valence electrons. The van der Waals surface area contributed by atoms with E-state index in [9.17, 15) is 9.90 Å². The average molecular weight is 308 g/mol. The van der Waals surface area contributed by atoms with E-state index in [2.05, 4.69) is 10.3 Å². The van der Waals surface area contributed by atoms with Gasteiger partial charge in [0.2, 0.25) is 11.8 Å². The second-order valence-corrected chi connectivity index (χ2v) is 5.00. The number of carbonyl (C=O) groups is 1. The fourth-order valence-corrected chi connectivity index (χ4v) is 2.23. The average Bonchev–Trinajstić information content (AvgIpc) is 3.01. The number of rotatable bonds is 5. The molecule has 2 N–H and O–H groups in total. The molecule has 5 nitrogen and oxygen atoms in total. The molecule has 0 fully saturated rings. The standard InChI is InChI=1S/C18H16N2O3/c21-12-14-6-2-1-5-13(14)11-19-17(22)9-10-18-20-15-7-3-4-8-16(15)23-18/h1-10,21H,11-12H2,(H,19,22)/b10-9+. The fourth-order valence-electron chi connectivity index (χ4n) is 2.23. The lowest BCUT2D eigenvalue weighted by Gasteiger charge is -2.07. The third-order valence-electron chi connectivity index (χ3n) is 3.43. The highest BCUT2D eigenvalue weighted by Crippen LogP contribution is 2.15. The van der Waals surface area contributed by atoms with Gasteiger partial charge in [0.15, 0.2) is 5.58 Å². The van der Waals surface area contributed by atoms with Crippen LogP contribution in [0.3, 0.4) is 0 Å². The maximum absolute atomic E-state index is 11.9. The van der Waals surface area contributed by atoms with Crippen LogP contribution in [0.5, 0.6) is 0 Å².